The molecule has 1 aliphatic carbocycles. The molecule has 1 aliphatic heterocycles. The predicted octanol–water partition coefficient (Wildman–Crippen LogP) is 0.112. The van der Waals surface area contributed by atoms with E-state index in [0.717, 1.165) is 12.7 Å². The van der Waals surface area contributed by atoms with E-state index in [9.17, 15) is 15.0 Å². The van der Waals surface area contributed by atoms with Crippen LogP contribution in [0.5, 0.6) is 0 Å². The fourth-order valence-electron chi connectivity index (χ4n) is 2.69. The molecule has 0 spiro atoms. The number of fused-ring (bicyclic) bond motifs is 2. The van der Waals surface area contributed by atoms with Crippen molar-refractivity contribution in [3.63, 3.8) is 0 Å². The summed E-state index contributed by atoms with van der Waals surface area (Å²) in [7, 11) is 0. The van der Waals surface area contributed by atoms with Crippen LogP contribution in [0.1, 0.15) is 26.2 Å². The molecule has 86 valence electrons. The van der Waals surface area contributed by atoms with E-state index in [2.05, 4.69) is 0 Å². The normalized spacial score (nSPS) is 45.7. The Morgan fingerprint density at radius 1 is 1.60 bits per heavy atom. The molecule has 15 heavy (non-hydrogen) atoms. The number of rotatable bonds is 4. The van der Waals surface area contributed by atoms with E-state index in [1.807, 2.05) is 6.92 Å². The van der Waals surface area contributed by atoms with Gasteiger partial charge in [0.2, 0.25) is 0 Å². The van der Waals surface area contributed by atoms with E-state index >= 15 is 0 Å². The lowest BCUT2D eigenvalue weighted by molar-refractivity contribution is -0.153. The molecule has 2 rings (SSSR count). The highest BCUT2D eigenvalue weighted by atomic mass is 16.5. The molecule has 2 aliphatic rings. The summed E-state index contributed by atoms with van der Waals surface area (Å²) in [5, 5.41) is 19.5. The summed E-state index contributed by atoms with van der Waals surface area (Å²) >= 11 is 0. The summed E-state index contributed by atoms with van der Waals surface area (Å²) in [5.74, 6) is 0.0681. The van der Waals surface area contributed by atoms with Crippen molar-refractivity contribution in [1.29, 1.82) is 0 Å². The third-order valence-electron chi connectivity index (χ3n) is 3.79. The van der Waals surface area contributed by atoms with Crippen LogP contribution in [-0.2, 0) is 9.53 Å². The number of ether oxygens (including phenoxy) is 1. The average molecular weight is 214 g/mol. The first-order chi connectivity index (χ1) is 7.09. The Morgan fingerprint density at radius 3 is 2.87 bits per heavy atom. The highest BCUT2D eigenvalue weighted by molar-refractivity contribution is 5.52. The molecule has 5 unspecified atom stereocenters. The fourth-order valence-corrected chi connectivity index (χ4v) is 2.69. The van der Waals surface area contributed by atoms with Crippen molar-refractivity contribution in [2.45, 2.75) is 44.0 Å². The second kappa shape index (κ2) is 3.85. The molecule has 0 aromatic carbocycles. The lowest BCUT2D eigenvalue weighted by atomic mass is 9.90. The summed E-state index contributed by atoms with van der Waals surface area (Å²) in [6, 6.07) is 0. The minimum absolute atomic E-state index is 0.00744. The van der Waals surface area contributed by atoms with Crippen molar-refractivity contribution in [2.24, 2.45) is 11.8 Å². The second-order valence-electron chi connectivity index (χ2n) is 4.93. The molecule has 1 saturated carbocycles. The van der Waals surface area contributed by atoms with Gasteiger partial charge in [-0.3, -0.25) is 0 Å². The molecule has 0 aromatic rings. The van der Waals surface area contributed by atoms with Gasteiger partial charge < -0.3 is 19.7 Å². The van der Waals surface area contributed by atoms with E-state index in [1.54, 1.807) is 0 Å². The number of hydrogen-bond donors (Lipinski definition) is 2. The van der Waals surface area contributed by atoms with Gasteiger partial charge in [-0.15, -0.1) is 0 Å². The van der Waals surface area contributed by atoms with Crippen LogP contribution >= 0.6 is 0 Å². The maximum absolute atomic E-state index is 10.5. The van der Waals surface area contributed by atoms with Crippen LogP contribution in [0, 0.1) is 11.8 Å². The zero-order valence-corrected chi connectivity index (χ0v) is 8.93. The smallest absolute Gasteiger partial charge is 0.122 e. The standard InChI is InChI=1S/C11H18O4/c1-7(5-12)2-3-11-4-8(6-15-11)9(13)10(11)14/h5,7-10,13-14H,2-4,6H2,1H3. The topological polar surface area (TPSA) is 66.8 Å². The molecule has 2 fully saturated rings. The van der Waals surface area contributed by atoms with Crippen molar-refractivity contribution >= 4 is 6.29 Å². The lowest BCUT2D eigenvalue weighted by Crippen LogP contribution is -2.47. The van der Waals surface area contributed by atoms with E-state index in [-0.39, 0.29) is 11.8 Å². The maximum Gasteiger partial charge on any atom is 0.122 e. The van der Waals surface area contributed by atoms with Gasteiger partial charge in [0, 0.05) is 11.8 Å². The Balaban J connectivity index is 1.98. The number of hydrogen-bond acceptors (Lipinski definition) is 4. The van der Waals surface area contributed by atoms with Gasteiger partial charge >= 0.3 is 0 Å². The number of aldehydes is 1. The number of aliphatic hydroxyl groups is 2. The maximum atomic E-state index is 10.5. The van der Waals surface area contributed by atoms with E-state index in [4.69, 9.17) is 4.74 Å². The summed E-state index contributed by atoms with van der Waals surface area (Å²) in [5.41, 5.74) is -0.582. The van der Waals surface area contributed by atoms with Gasteiger partial charge in [-0.05, 0) is 19.3 Å². The van der Waals surface area contributed by atoms with Crippen LogP contribution in [-0.4, -0.2) is 40.9 Å². The van der Waals surface area contributed by atoms with Crippen molar-refractivity contribution in [2.75, 3.05) is 6.61 Å². The highest BCUT2D eigenvalue weighted by Gasteiger charge is 2.58. The van der Waals surface area contributed by atoms with Crippen LogP contribution in [0.15, 0.2) is 0 Å². The molecule has 0 amide bonds. The first-order valence-corrected chi connectivity index (χ1v) is 5.54. The first-order valence-electron chi connectivity index (χ1n) is 5.54. The Morgan fingerprint density at radius 2 is 2.33 bits per heavy atom. The zero-order chi connectivity index (χ0) is 11.1. The molecule has 4 heteroatoms. The number of aliphatic hydroxyl groups excluding tert-OH is 2. The molecule has 1 heterocycles. The molecule has 2 N–H and O–H groups in total. The van der Waals surface area contributed by atoms with Gasteiger partial charge in [0.1, 0.15) is 12.4 Å². The van der Waals surface area contributed by atoms with Crippen LogP contribution in [0.4, 0.5) is 0 Å². The Labute approximate surface area is 89.2 Å². The third-order valence-corrected chi connectivity index (χ3v) is 3.79. The minimum atomic E-state index is -0.782. The molecule has 4 nitrogen and oxygen atoms in total. The van der Waals surface area contributed by atoms with E-state index in [1.165, 1.54) is 0 Å². The summed E-state index contributed by atoms with van der Waals surface area (Å²) < 4.78 is 5.59. The second-order valence-corrected chi connectivity index (χ2v) is 4.93. The van der Waals surface area contributed by atoms with Gasteiger partial charge in [-0.1, -0.05) is 6.92 Å². The SMILES string of the molecule is CC(C=O)CCC12CC(CO1)C(O)C2O. The highest BCUT2D eigenvalue weighted by Crippen LogP contribution is 2.47. The summed E-state index contributed by atoms with van der Waals surface area (Å²) in [6.07, 6.45) is 1.57. The van der Waals surface area contributed by atoms with Crippen molar-refractivity contribution in [3.05, 3.63) is 0 Å². The van der Waals surface area contributed by atoms with Crippen molar-refractivity contribution in [3.8, 4) is 0 Å². The molecular formula is C11H18O4. The monoisotopic (exact) mass is 214 g/mol. The van der Waals surface area contributed by atoms with Crippen LogP contribution in [0.25, 0.3) is 0 Å². The van der Waals surface area contributed by atoms with Gasteiger partial charge in [0.25, 0.3) is 0 Å². The van der Waals surface area contributed by atoms with Crippen molar-refractivity contribution in [1.82, 2.24) is 0 Å². The Hall–Kier alpha value is -0.450. The van der Waals surface area contributed by atoms with Gasteiger partial charge in [-0.25, -0.2) is 0 Å². The molecule has 5 atom stereocenters. The third kappa shape index (κ3) is 1.71. The number of carbonyl (C=O) groups excluding carboxylic acids is 1. The van der Waals surface area contributed by atoms with Crippen LogP contribution in [0.3, 0.4) is 0 Å². The fraction of sp³-hybridized carbons (Fsp3) is 0.909. The molecule has 1 saturated heterocycles. The quantitative estimate of drug-likeness (QED) is 0.652. The molecular weight excluding hydrogens is 196 g/mol. The van der Waals surface area contributed by atoms with Gasteiger partial charge in [0.05, 0.1) is 18.3 Å². The van der Waals surface area contributed by atoms with E-state index < -0.39 is 17.8 Å². The molecule has 0 aromatic heterocycles. The van der Waals surface area contributed by atoms with Crippen LogP contribution in [0.2, 0.25) is 0 Å². The Kier molecular flexibility index (Phi) is 2.83. The Bertz CT molecular complexity index is 255. The summed E-state index contributed by atoms with van der Waals surface area (Å²) in [4.78, 5) is 10.5. The predicted molar refractivity (Wildman–Crippen MR) is 53.3 cm³/mol. The summed E-state index contributed by atoms with van der Waals surface area (Å²) in [6.45, 7) is 2.39. The first kappa shape index (κ1) is 11.0. The zero-order valence-electron chi connectivity index (χ0n) is 8.93. The van der Waals surface area contributed by atoms with Crippen LogP contribution < -0.4 is 0 Å². The van der Waals surface area contributed by atoms with Gasteiger partial charge in [-0.2, -0.15) is 0 Å². The molecule has 2 bridgehead atoms. The average Bonchev–Trinajstić information content (AvgIpc) is 2.76. The largest absolute Gasteiger partial charge is 0.390 e. The molecule has 0 radical (unpaired) electrons. The van der Waals surface area contributed by atoms with E-state index in [0.29, 0.717) is 19.4 Å². The van der Waals surface area contributed by atoms with Crippen molar-refractivity contribution < 1.29 is 19.7 Å². The van der Waals surface area contributed by atoms with Gasteiger partial charge in [0.15, 0.2) is 0 Å². The lowest BCUT2D eigenvalue weighted by Gasteiger charge is -2.34. The number of carbonyl (C=O) groups is 1. The minimum Gasteiger partial charge on any atom is -0.390 e.